The Kier molecular flexibility index (Phi) is 9.11. The molecule has 0 N–H and O–H groups in total. The van der Waals surface area contributed by atoms with Gasteiger partial charge in [-0.3, -0.25) is 0 Å². The SMILES string of the molecule is c1ccc(-c2nc(-c3ccc(-c4ccc5c(ccc6cc(-c7ccc8oc9ccccc9c8c7)ccc65)c4)cc3)cc(-c3ccc4c(c3)C(c3ccccc3)(c3ccccc3)c3ccccc3-4)n2)cc1. The van der Waals surface area contributed by atoms with Crippen LogP contribution in [0.2, 0.25) is 0 Å². The number of nitrogens with zero attached hydrogens (tertiary/aromatic N) is 2. The molecule has 11 aromatic carbocycles. The molecule has 0 spiro atoms. The van der Waals surface area contributed by atoms with Crippen LogP contribution in [-0.4, -0.2) is 9.97 Å². The highest BCUT2D eigenvalue weighted by Gasteiger charge is 2.46. The summed E-state index contributed by atoms with van der Waals surface area (Å²) in [7, 11) is 0. The molecule has 1 aliphatic rings. The number of hydrogen-bond acceptors (Lipinski definition) is 3. The van der Waals surface area contributed by atoms with E-state index in [4.69, 9.17) is 14.4 Å². The molecule has 0 aliphatic heterocycles. The largest absolute Gasteiger partial charge is 0.456 e. The summed E-state index contributed by atoms with van der Waals surface area (Å²) in [4.78, 5) is 10.5. The van der Waals surface area contributed by atoms with Gasteiger partial charge in [-0.2, -0.15) is 0 Å². The molecule has 2 heterocycles. The molecule has 326 valence electrons. The van der Waals surface area contributed by atoms with Crippen molar-refractivity contribution in [3.63, 3.8) is 0 Å². The summed E-state index contributed by atoms with van der Waals surface area (Å²) in [5, 5.41) is 7.19. The molecule has 0 atom stereocenters. The van der Waals surface area contributed by atoms with Crippen LogP contribution in [0.4, 0.5) is 0 Å². The first kappa shape index (κ1) is 39.9. The van der Waals surface area contributed by atoms with E-state index in [0.29, 0.717) is 5.82 Å². The maximum Gasteiger partial charge on any atom is 0.160 e. The van der Waals surface area contributed by atoms with Gasteiger partial charge in [-0.15, -0.1) is 0 Å². The third-order valence-corrected chi connectivity index (χ3v) is 14.6. The van der Waals surface area contributed by atoms with Gasteiger partial charge in [0.25, 0.3) is 0 Å². The van der Waals surface area contributed by atoms with Crippen LogP contribution in [0.15, 0.2) is 259 Å². The number of hydrogen-bond donors (Lipinski definition) is 0. The van der Waals surface area contributed by atoms with E-state index in [9.17, 15) is 0 Å². The highest BCUT2D eigenvalue weighted by atomic mass is 16.3. The van der Waals surface area contributed by atoms with Gasteiger partial charge in [-0.1, -0.05) is 212 Å². The van der Waals surface area contributed by atoms with E-state index < -0.39 is 5.41 Å². The Morgan fingerprint density at radius 3 is 1.51 bits per heavy atom. The summed E-state index contributed by atoms with van der Waals surface area (Å²) in [6.45, 7) is 0. The molecule has 2 aromatic heterocycles. The second-order valence-electron chi connectivity index (χ2n) is 18.4. The van der Waals surface area contributed by atoms with Crippen LogP contribution >= 0.6 is 0 Å². The zero-order chi connectivity index (χ0) is 46.2. The second kappa shape index (κ2) is 16.0. The maximum absolute atomic E-state index is 6.11. The molecule has 0 unspecified atom stereocenters. The highest BCUT2D eigenvalue weighted by molar-refractivity contribution is 6.10. The van der Waals surface area contributed by atoms with E-state index in [1.165, 1.54) is 71.6 Å². The van der Waals surface area contributed by atoms with Crippen molar-refractivity contribution < 1.29 is 4.42 Å². The zero-order valence-electron chi connectivity index (χ0n) is 38.1. The zero-order valence-corrected chi connectivity index (χ0v) is 38.1. The van der Waals surface area contributed by atoms with Gasteiger partial charge in [0, 0.05) is 27.5 Å². The molecule has 0 saturated carbocycles. The van der Waals surface area contributed by atoms with Crippen molar-refractivity contribution in [1.82, 2.24) is 9.97 Å². The van der Waals surface area contributed by atoms with Crippen molar-refractivity contribution in [1.29, 1.82) is 0 Å². The number of aromatic nitrogens is 2. The van der Waals surface area contributed by atoms with Gasteiger partial charge in [0.1, 0.15) is 11.2 Å². The smallest absolute Gasteiger partial charge is 0.160 e. The summed E-state index contributed by atoms with van der Waals surface area (Å²) in [5.41, 5.74) is 18.3. The summed E-state index contributed by atoms with van der Waals surface area (Å²) in [6, 6.07) is 91.9. The molecule has 13 aromatic rings. The van der Waals surface area contributed by atoms with Crippen molar-refractivity contribution >= 4 is 43.5 Å². The number of furan rings is 1. The molecule has 14 rings (SSSR count). The predicted octanol–water partition coefficient (Wildman–Crippen LogP) is 17.4. The molecular formula is C67H42N2O. The fourth-order valence-electron chi connectivity index (χ4n) is 11.2. The minimum atomic E-state index is -0.509. The van der Waals surface area contributed by atoms with Crippen LogP contribution < -0.4 is 0 Å². The Hall–Kier alpha value is -9.18. The van der Waals surface area contributed by atoms with E-state index in [1.54, 1.807) is 0 Å². The molecule has 0 amide bonds. The third kappa shape index (κ3) is 6.36. The van der Waals surface area contributed by atoms with Gasteiger partial charge in [0.05, 0.1) is 16.8 Å². The molecule has 0 saturated heterocycles. The fraction of sp³-hybridized carbons (Fsp3) is 0.0149. The van der Waals surface area contributed by atoms with E-state index >= 15 is 0 Å². The molecule has 3 nitrogen and oxygen atoms in total. The van der Waals surface area contributed by atoms with Gasteiger partial charge in [0.2, 0.25) is 0 Å². The summed E-state index contributed by atoms with van der Waals surface area (Å²) in [6.07, 6.45) is 0. The quantitative estimate of drug-likeness (QED) is 0.150. The first-order valence-electron chi connectivity index (χ1n) is 24.0. The molecular weight excluding hydrogens is 849 g/mol. The lowest BCUT2D eigenvalue weighted by molar-refractivity contribution is 0.669. The molecule has 3 heteroatoms. The summed E-state index contributed by atoms with van der Waals surface area (Å²) in [5.74, 6) is 0.694. The fourth-order valence-corrected chi connectivity index (χ4v) is 11.2. The maximum atomic E-state index is 6.11. The normalized spacial score (nSPS) is 12.7. The van der Waals surface area contributed by atoms with Gasteiger partial charge < -0.3 is 4.42 Å². The lowest BCUT2D eigenvalue weighted by atomic mass is 9.67. The molecule has 1 aliphatic carbocycles. The van der Waals surface area contributed by atoms with Gasteiger partial charge in [-0.05, 0) is 120 Å². The number of para-hydroxylation sites is 1. The molecule has 70 heavy (non-hydrogen) atoms. The van der Waals surface area contributed by atoms with E-state index in [-0.39, 0.29) is 0 Å². The minimum Gasteiger partial charge on any atom is -0.456 e. The minimum absolute atomic E-state index is 0.509. The van der Waals surface area contributed by atoms with Crippen LogP contribution in [0.3, 0.4) is 0 Å². The van der Waals surface area contributed by atoms with Gasteiger partial charge >= 0.3 is 0 Å². The van der Waals surface area contributed by atoms with Crippen molar-refractivity contribution in [3.05, 3.63) is 277 Å². The van der Waals surface area contributed by atoms with Crippen molar-refractivity contribution in [2.75, 3.05) is 0 Å². The van der Waals surface area contributed by atoms with Crippen LogP contribution in [-0.2, 0) is 5.41 Å². The molecule has 0 fully saturated rings. The Morgan fingerprint density at radius 2 is 0.800 bits per heavy atom. The van der Waals surface area contributed by atoms with Crippen molar-refractivity contribution in [2.24, 2.45) is 0 Å². The highest BCUT2D eigenvalue weighted by Crippen LogP contribution is 2.56. The Bertz CT molecular complexity index is 4120. The van der Waals surface area contributed by atoms with Gasteiger partial charge in [0.15, 0.2) is 5.82 Å². The Morgan fingerprint density at radius 1 is 0.286 bits per heavy atom. The second-order valence-corrected chi connectivity index (χ2v) is 18.4. The van der Waals surface area contributed by atoms with Crippen molar-refractivity contribution in [2.45, 2.75) is 5.41 Å². The summed E-state index contributed by atoms with van der Waals surface area (Å²) >= 11 is 0. The average molecular weight is 891 g/mol. The van der Waals surface area contributed by atoms with E-state index in [2.05, 4.69) is 237 Å². The first-order chi connectivity index (χ1) is 34.7. The van der Waals surface area contributed by atoms with Crippen LogP contribution in [0.5, 0.6) is 0 Å². The predicted molar refractivity (Wildman–Crippen MR) is 289 cm³/mol. The topological polar surface area (TPSA) is 38.9 Å². The Balaban J connectivity index is 0.825. The number of benzene rings is 11. The molecule has 0 bridgehead atoms. The monoisotopic (exact) mass is 890 g/mol. The van der Waals surface area contributed by atoms with Crippen LogP contribution in [0.1, 0.15) is 22.3 Å². The Labute approximate surface area is 405 Å². The third-order valence-electron chi connectivity index (χ3n) is 14.6. The van der Waals surface area contributed by atoms with E-state index in [1.807, 2.05) is 18.2 Å². The van der Waals surface area contributed by atoms with Crippen molar-refractivity contribution in [3.8, 4) is 67.3 Å². The number of fused-ring (bicyclic) bond motifs is 9. The van der Waals surface area contributed by atoms with Crippen LogP contribution in [0, 0.1) is 0 Å². The standard InChI is InChI=1S/C67H42N2O/c1-4-14-45(15-5-1)66-68-62(42-63(69-66)51-32-36-57-56-20-10-12-22-60(56)67(61(57)41-51,52-16-6-2-7-17-52)53-18-8-3-9-19-53)44-26-24-43(25-27-44)46-30-34-54-49(38-46)28-29-50-39-47(31-35-55(50)54)48-33-37-65-59(40-48)58-21-11-13-23-64(58)70-65/h1-42H. The summed E-state index contributed by atoms with van der Waals surface area (Å²) < 4.78 is 6.11. The van der Waals surface area contributed by atoms with E-state index in [0.717, 1.165) is 55.6 Å². The lowest BCUT2D eigenvalue weighted by Crippen LogP contribution is -2.28. The average Bonchev–Trinajstić information content (AvgIpc) is 3.96. The van der Waals surface area contributed by atoms with Gasteiger partial charge in [-0.25, -0.2) is 9.97 Å². The lowest BCUT2D eigenvalue weighted by Gasteiger charge is -2.34. The first-order valence-corrected chi connectivity index (χ1v) is 24.0. The number of rotatable bonds is 7. The molecule has 0 radical (unpaired) electrons. The van der Waals surface area contributed by atoms with Crippen LogP contribution in [0.25, 0.3) is 111 Å².